The summed E-state index contributed by atoms with van der Waals surface area (Å²) >= 11 is -1.85. The first kappa shape index (κ1) is 13.5. The number of nitrogens with zero attached hydrogens (tertiary/aromatic N) is 2. The van der Waals surface area contributed by atoms with E-state index in [1.54, 1.807) is 0 Å². The second kappa shape index (κ2) is 5.39. The number of aromatic nitrogens is 2. The van der Waals surface area contributed by atoms with Crippen molar-refractivity contribution >= 4 is 18.4 Å². The van der Waals surface area contributed by atoms with Crippen molar-refractivity contribution in [1.29, 1.82) is 0 Å². The molecule has 0 aromatic carbocycles. The molecule has 0 saturated carbocycles. The fourth-order valence-electron chi connectivity index (χ4n) is 2.18. The number of aryl methyl sites for hydroxylation is 1. The summed E-state index contributed by atoms with van der Waals surface area (Å²) in [5, 5.41) is 0. The van der Waals surface area contributed by atoms with Crippen LogP contribution in [0.15, 0.2) is 36.9 Å². The van der Waals surface area contributed by atoms with Crippen LogP contribution in [0.3, 0.4) is 0 Å². The maximum absolute atomic E-state index is 4.30. The zero-order valence-electron chi connectivity index (χ0n) is 11.6. The summed E-state index contributed by atoms with van der Waals surface area (Å²) in [5.74, 6) is 0. The van der Waals surface area contributed by atoms with Crippen molar-refractivity contribution < 1.29 is 0 Å². The summed E-state index contributed by atoms with van der Waals surface area (Å²) in [6.45, 7) is 2.12. The Labute approximate surface area is 113 Å². The molecule has 0 bridgehead atoms. The topological polar surface area (TPSA) is 25.8 Å². The minimum atomic E-state index is -1.85. The van der Waals surface area contributed by atoms with Crippen molar-refractivity contribution in [2.45, 2.75) is 26.2 Å². The predicted molar refractivity (Wildman–Crippen MR) is 79.3 cm³/mol. The predicted octanol–water partition coefficient (Wildman–Crippen LogP) is 3.87. The molecule has 2 rings (SSSR count). The van der Waals surface area contributed by atoms with E-state index in [9.17, 15) is 0 Å². The Balaban J connectivity index is 2.49. The molecule has 0 aliphatic carbocycles. The van der Waals surface area contributed by atoms with Gasteiger partial charge in [-0.05, 0) is 0 Å². The van der Waals surface area contributed by atoms with Gasteiger partial charge >= 0.3 is 114 Å². The average Bonchev–Trinajstić information content (AvgIpc) is 2.29. The summed E-state index contributed by atoms with van der Waals surface area (Å²) in [4.78, 5) is 15.9. The molecule has 18 heavy (non-hydrogen) atoms. The van der Waals surface area contributed by atoms with Gasteiger partial charge in [0.1, 0.15) is 0 Å². The molecule has 0 unspecified atom stereocenters. The van der Waals surface area contributed by atoms with E-state index < -0.39 is 18.4 Å². The summed E-state index contributed by atoms with van der Waals surface area (Å²) < 4.78 is 1.24. The van der Waals surface area contributed by atoms with Gasteiger partial charge in [-0.3, -0.25) is 0 Å². The van der Waals surface area contributed by atoms with Crippen LogP contribution in [-0.4, -0.2) is 28.3 Å². The van der Waals surface area contributed by atoms with Gasteiger partial charge in [-0.2, -0.15) is 0 Å². The Morgan fingerprint density at radius 3 is 2.17 bits per heavy atom. The molecule has 0 aliphatic rings. The van der Waals surface area contributed by atoms with Gasteiger partial charge in [-0.25, -0.2) is 0 Å². The van der Waals surface area contributed by atoms with Crippen LogP contribution in [-0.2, 0) is 4.44 Å². The van der Waals surface area contributed by atoms with Gasteiger partial charge in [-0.15, -0.1) is 0 Å². The van der Waals surface area contributed by atoms with Gasteiger partial charge in [0.05, 0.1) is 0 Å². The third-order valence-electron chi connectivity index (χ3n) is 2.93. The first-order chi connectivity index (χ1) is 8.47. The average molecular weight is 347 g/mol. The van der Waals surface area contributed by atoms with Gasteiger partial charge in [0.25, 0.3) is 0 Å². The molecular weight excluding hydrogens is 327 g/mol. The molecule has 0 amide bonds. The van der Waals surface area contributed by atoms with Gasteiger partial charge < -0.3 is 0 Å². The molecule has 3 heteroatoms. The fraction of sp³-hybridized carbons (Fsp3) is 0.333. The standard InChI is InChI=1S/C12H11N2.3CH3.Sn/c1-9-7-13-5-3-11(9)12-4-6-14-8-10(12)2;;;;/h3-8H,1H2,2H3;3*1H3;. The van der Waals surface area contributed by atoms with E-state index in [4.69, 9.17) is 0 Å². The summed E-state index contributed by atoms with van der Waals surface area (Å²) in [6.07, 6.45) is 7.72. The molecular formula is C15H20N2Sn. The van der Waals surface area contributed by atoms with Crippen LogP contribution >= 0.6 is 0 Å². The second-order valence-electron chi connectivity index (χ2n) is 5.96. The SMILES string of the molecule is Cc1cnccc1-c1ccncc1[CH2][Sn]([CH3])([CH3])[CH3]. The molecule has 2 nitrogen and oxygen atoms in total. The maximum atomic E-state index is 4.30. The van der Waals surface area contributed by atoms with E-state index in [0.717, 1.165) is 0 Å². The zero-order valence-corrected chi connectivity index (χ0v) is 14.4. The van der Waals surface area contributed by atoms with E-state index in [2.05, 4.69) is 43.8 Å². The van der Waals surface area contributed by atoms with Crippen LogP contribution in [0.25, 0.3) is 11.1 Å². The van der Waals surface area contributed by atoms with E-state index in [-0.39, 0.29) is 0 Å². The summed E-state index contributed by atoms with van der Waals surface area (Å²) in [6, 6.07) is 4.24. The van der Waals surface area contributed by atoms with Crippen molar-refractivity contribution in [3.05, 3.63) is 48.0 Å². The molecule has 0 N–H and O–H groups in total. The third-order valence-corrected chi connectivity index (χ3v) is 7.05. The van der Waals surface area contributed by atoms with E-state index in [0.29, 0.717) is 0 Å². The Kier molecular flexibility index (Phi) is 4.05. The van der Waals surface area contributed by atoms with E-state index in [1.807, 2.05) is 24.8 Å². The van der Waals surface area contributed by atoms with Crippen molar-refractivity contribution in [2.75, 3.05) is 0 Å². The normalized spacial score (nSPS) is 11.6. The molecule has 0 saturated heterocycles. The van der Waals surface area contributed by atoms with E-state index >= 15 is 0 Å². The molecule has 0 radical (unpaired) electrons. The Morgan fingerprint density at radius 2 is 1.56 bits per heavy atom. The van der Waals surface area contributed by atoms with Crippen LogP contribution in [0, 0.1) is 6.92 Å². The third kappa shape index (κ3) is 3.31. The first-order valence-corrected chi connectivity index (χ1v) is 16.9. The minimum absolute atomic E-state index is 1.23. The van der Waals surface area contributed by atoms with Crippen molar-refractivity contribution in [3.63, 3.8) is 0 Å². The van der Waals surface area contributed by atoms with Crippen molar-refractivity contribution in [3.8, 4) is 11.1 Å². The quantitative estimate of drug-likeness (QED) is 0.788. The van der Waals surface area contributed by atoms with E-state index in [1.165, 1.54) is 26.7 Å². The summed E-state index contributed by atoms with van der Waals surface area (Å²) in [7, 11) is 0. The summed E-state index contributed by atoms with van der Waals surface area (Å²) in [5.41, 5.74) is 5.25. The molecule has 2 aromatic rings. The molecule has 2 aromatic heterocycles. The molecule has 2 heterocycles. The van der Waals surface area contributed by atoms with Crippen molar-refractivity contribution in [2.24, 2.45) is 0 Å². The van der Waals surface area contributed by atoms with Crippen molar-refractivity contribution in [1.82, 2.24) is 9.97 Å². The molecule has 0 fully saturated rings. The van der Waals surface area contributed by atoms with Gasteiger partial charge in [0.15, 0.2) is 0 Å². The molecule has 94 valence electrons. The zero-order chi connectivity index (χ0) is 13.2. The molecule has 0 aliphatic heterocycles. The number of rotatable bonds is 3. The number of hydrogen-bond donors (Lipinski definition) is 0. The van der Waals surface area contributed by atoms with Crippen LogP contribution in [0.1, 0.15) is 11.1 Å². The first-order valence-electron chi connectivity index (χ1n) is 6.31. The van der Waals surface area contributed by atoms with Gasteiger partial charge in [0.2, 0.25) is 0 Å². The Hall–Kier alpha value is -0.901. The van der Waals surface area contributed by atoms with Gasteiger partial charge in [-0.1, -0.05) is 0 Å². The molecule has 0 atom stereocenters. The van der Waals surface area contributed by atoms with Gasteiger partial charge in [0, 0.05) is 0 Å². The van der Waals surface area contributed by atoms with Crippen LogP contribution in [0.5, 0.6) is 0 Å². The van der Waals surface area contributed by atoms with Crippen LogP contribution in [0.4, 0.5) is 0 Å². The van der Waals surface area contributed by atoms with Crippen LogP contribution < -0.4 is 0 Å². The fourth-order valence-corrected chi connectivity index (χ4v) is 6.24. The second-order valence-corrected chi connectivity index (χ2v) is 21.6. The Bertz CT molecular complexity index is 544. The monoisotopic (exact) mass is 348 g/mol. The molecule has 0 spiro atoms. The Morgan fingerprint density at radius 1 is 0.944 bits per heavy atom. The number of hydrogen-bond acceptors (Lipinski definition) is 2. The number of pyridine rings is 2. The van der Waals surface area contributed by atoms with Crippen LogP contribution in [0.2, 0.25) is 14.8 Å².